The SMILES string of the molecule is O=C(N/N=C/c1cc(Br)cc(Br)c1O)c1cc(-c2ccccn2)nc2ccccc12. The van der Waals surface area contributed by atoms with E-state index in [1.165, 1.54) is 6.21 Å². The van der Waals surface area contributed by atoms with Gasteiger partial charge in [-0.2, -0.15) is 5.10 Å². The standard InChI is InChI=1S/C22H14Br2N4O2/c23-14-9-13(21(29)17(24)10-14)12-26-28-22(30)16-11-20(19-7-3-4-8-25-19)27-18-6-2-1-5-15(16)18/h1-12,29H,(H,28,30)/b26-12+. The minimum atomic E-state index is -0.393. The van der Waals surface area contributed by atoms with Gasteiger partial charge >= 0.3 is 0 Å². The number of benzene rings is 2. The Morgan fingerprint density at radius 3 is 2.63 bits per heavy atom. The molecule has 8 heteroatoms. The van der Waals surface area contributed by atoms with Gasteiger partial charge in [-0.05, 0) is 52.3 Å². The van der Waals surface area contributed by atoms with Crippen molar-refractivity contribution in [2.24, 2.45) is 5.10 Å². The first-order valence-corrected chi connectivity index (χ1v) is 10.4. The van der Waals surface area contributed by atoms with Crippen molar-refractivity contribution in [1.82, 2.24) is 15.4 Å². The monoisotopic (exact) mass is 524 g/mol. The Bertz CT molecular complexity index is 1280. The highest BCUT2D eigenvalue weighted by Gasteiger charge is 2.14. The summed E-state index contributed by atoms with van der Waals surface area (Å²) < 4.78 is 1.28. The van der Waals surface area contributed by atoms with Crippen molar-refractivity contribution < 1.29 is 9.90 Å². The molecule has 2 N–H and O–H groups in total. The zero-order valence-electron chi connectivity index (χ0n) is 15.4. The van der Waals surface area contributed by atoms with Gasteiger partial charge in [0, 0.05) is 21.6 Å². The molecule has 2 aromatic carbocycles. The number of halogens is 2. The number of hydrogen-bond acceptors (Lipinski definition) is 5. The second kappa shape index (κ2) is 8.73. The number of para-hydroxylation sites is 1. The molecule has 0 aliphatic carbocycles. The Balaban J connectivity index is 1.68. The molecule has 30 heavy (non-hydrogen) atoms. The van der Waals surface area contributed by atoms with Crippen LogP contribution in [0.25, 0.3) is 22.3 Å². The fraction of sp³-hybridized carbons (Fsp3) is 0. The predicted octanol–water partition coefficient (Wildman–Crippen LogP) is 5.29. The van der Waals surface area contributed by atoms with E-state index < -0.39 is 5.91 Å². The molecule has 0 bridgehead atoms. The van der Waals surface area contributed by atoms with Gasteiger partial charge in [-0.25, -0.2) is 10.4 Å². The number of hydrazone groups is 1. The summed E-state index contributed by atoms with van der Waals surface area (Å²) in [4.78, 5) is 21.8. The predicted molar refractivity (Wildman–Crippen MR) is 124 cm³/mol. The van der Waals surface area contributed by atoms with Crippen LogP contribution >= 0.6 is 31.9 Å². The van der Waals surface area contributed by atoms with Crippen LogP contribution in [0, 0.1) is 0 Å². The maximum Gasteiger partial charge on any atom is 0.272 e. The molecule has 0 saturated carbocycles. The highest BCUT2D eigenvalue weighted by Crippen LogP contribution is 2.30. The quantitative estimate of drug-likeness (QED) is 0.280. The van der Waals surface area contributed by atoms with Crippen LogP contribution in [0.1, 0.15) is 15.9 Å². The lowest BCUT2D eigenvalue weighted by atomic mass is 10.1. The molecule has 6 nitrogen and oxygen atoms in total. The van der Waals surface area contributed by atoms with Gasteiger partial charge in [0.1, 0.15) is 5.75 Å². The zero-order valence-corrected chi connectivity index (χ0v) is 18.6. The second-order valence-corrected chi connectivity index (χ2v) is 8.08. The lowest BCUT2D eigenvalue weighted by Crippen LogP contribution is -2.18. The Morgan fingerprint density at radius 1 is 1.03 bits per heavy atom. The van der Waals surface area contributed by atoms with Crippen molar-refractivity contribution >= 4 is 54.9 Å². The number of nitrogens with zero attached hydrogens (tertiary/aromatic N) is 3. The Hall–Kier alpha value is -3.10. The van der Waals surface area contributed by atoms with E-state index in [1.54, 1.807) is 24.4 Å². The van der Waals surface area contributed by atoms with E-state index in [0.717, 1.165) is 4.47 Å². The van der Waals surface area contributed by atoms with Gasteiger partial charge in [0.05, 0.1) is 33.2 Å². The number of hydrogen-bond donors (Lipinski definition) is 2. The molecule has 0 unspecified atom stereocenters. The summed E-state index contributed by atoms with van der Waals surface area (Å²) in [5.41, 5.74) is 5.35. The molecule has 0 saturated heterocycles. The van der Waals surface area contributed by atoms with E-state index in [9.17, 15) is 9.90 Å². The third-order valence-electron chi connectivity index (χ3n) is 4.32. The van der Waals surface area contributed by atoms with E-state index in [4.69, 9.17) is 0 Å². The summed E-state index contributed by atoms with van der Waals surface area (Å²) in [6, 6.07) is 18.0. The average Bonchev–Trinajstić information content (AvgIpc) is 2.76. The van der Waals surface area contributed by atoms with E-state index in [1.807, 2.05) is 42.5 Å². The molecule has 0 fully saturated rings. The number of nitrogens with one attached hydrogen (secondary N) is 1. The van der Waals surface area contributed by atoms with Crippen LogP contribution in [0.2, 0.25) is 0 Å². The number of pyridine rings is 2. The van der Waals surface area contributed by atoms with Gasteiger partial charge in [-0.15, -0.1) is 0 Å². The Labute approximate surface area is 189 Å². The molecule has 2 heterocycles. The number of aromatic hydroxyl groups is 1. The minimum Gasteiger partial charge on any atom is -0.506 e. The molecule has 0 atom stereocenters. The van der Waals surface area contributed by atoms with E-state index in [-0.39, 0.29) is 5.75 Å². The van der Waals surface area contributed by atoms with Crippen molar-refractivity contribution in [2.45, 2.75) is 0 Å². The number of fused-ring (bicyclic) bond motifs is 1. The first-order valence-electron chi connectivity index (χ1n) is 8.85. The van der Waals surface area contributed by atoms with Gasteiger partial charge < -0.3 is 5.11 Å². The lowest BCUT2D eigenvalue weighted by molar-refractivity contribution is 0.0956. The van der Waals surface area contributed by atoms with Gasteiger partial charge in [0.25, 0.3) is 5.91 Å². The molecule has 148 valence electrons. The summed E-state index contributed by atoms with van der Waals surface area (Å²) >= 11 is 6.63. The van der Waals surface area contributed by atoms with Gasteiger partial charge in [-0.1, -0.05) is 40.2 Å². The molecular weight excluding hydrogens is 512 g/mol. The number of phenols is 1. The Morgan fingerprint density at radius 2 is 1.83 bits per heavy atom. The van der Waals surface area contributed by atoms with Crippen LogP contribution in [0.4, 0.5) is 0 Å². The maximum atomic E-state index is 12.9. The smallest absolute Gasteiger partial charge is 0.272 e. The van der Waals surface area contributed by atoms with Crippen molar-refractivity contribution in [3.8, 4) is 17.1 Å². The first-order chi connectivity index (χ1) is 14.5. The fourth-order valence-corrected chi connectivity index (χ4v) is 4.17. The van der Waals surface area contributed by atoms with E-state index >= 15 is 0 Å². The van der Waals surface area contributed by atoms with Crippen molar-refractivity contribution in [1.29, 1.82) is 0 Å². The topological polar surface area (TPSA) is 87.5 Å². The number of carbonyl (C=O) groups excluding carboxylic acids is 1. The fourth-order valence-electron chi connectivity index (χ4n) is 2.91. The summed E-state index contributed by atoms with van der Waals surface area (Å²) in [6.45, 7) is 0. The molecular formula is C22H14Br2N4O2. The lowest BCUT2D eigenvalue weighted by Gasteiger charge is -2.08. The van der Waals surface area contributed by atoms with Crippen LogP contribution in [0.5, 0.6) is 5.75 Å². The third-order valence-corrected chi connectivity index (χ3v) is 5.38. The third kappa shape index (κ3) is 4.24. The normalized spacial score (nSPS) is 11.1. The van der Waals surface area contributed by atoms with Crippen molar-refractivity contribution in [3.05, 3.63) is 86.9 Å². The first kappa shape index (κ1) is 20.2. The van der Waals surface area contributed by atoms with E-state index in [0.29, 0.717) is 37.9 Å². The molecule has 1 amide bonds. The average molecular weight is 526 g/mol. The maximum absolute atomic E-state index is 12.9. The van der Waals surface area contributed by atoms with Gasteiger partial charge in [0.2, 0.25) is 0 Å². The number of carbonyl (C=O) groups is 1. The minimum absolute atomic E-state index is 0.0306. The number of rotatable bonds is 4. The van der Waals surface area contributed by atoms with Crippen molar-refractivity contribution in [3.63, 3.8) is 0 Å². The molecule has 4 rings (SSSR count). The second-order valence-electron chi connectivity index (χ2n) is 6.31. The number of phenolic OH excluding ortho intramolecular Hbond substituents is 1. The summed E-state index contributed by atoms with van der Waals surface area (Å²) in [7, 11) is 0. The van der Waals surface area contributed by atoms with Crippen LogP contribution < -0.4 is 5.43 Å². The summed E-state index contributed by atoms with van der Waals surface area (Å²) in [6.07, 6.45) is 3.06. The number of aromatic nitrogens is 2. The van der Waals surface area contributed by atoms with Crippen LogP contribution in [-0.4, -0.2) is 27.2 Å². The molecule has 0 aliphatic rings. The van der Waals surface area contributed by atoms with Crippen LogP contribution in [0.3, 0.4) is 0 Å². The Kier molecular flexibility index (Phi) is 5.87. The summed E-state index contributed by atoms with van der Waals surface area (Å²) in [5.74, 6) is -0.362. The molecule has 4 aromatic rings. The highest BCUT2D eigenvalue weighted by molar-refractivity contribution is 9.11. The molecule has 0 spiro atoms. The molecule has 0 aliphatic heterocycles. The highest BCUT2D eigenvalue weighted by atomic mass is 79.9. The van der Waals surface area contributed by atoms with Crippen LogP contribution in [0.15, 0.2) is 80.9 Å². The molecule has 2 aromatic heterocycles. The number of amides is 1. The largest absolute Gasteiger partial charge is 0.506 e. The van der Waals surface area contributed by atoms with Gasteiger partial charge in [-0.3, -0.25) is 9.78 Å². The van der Waals surface area contributed by atoms with Crippen molar-refractivity contribution in [2.75, 3.05) is 0 Å². The zero-order chi connectivity index (χ0) is 21.1. The van der Waals surface area contributed by atoms with Gasteiger partial charge in [0.15, 0.2) is 0 Å². The molecule has 0 radical (unpaired) electrons. The van der Waals surface area contributed by atoms with E-state index in [2.05, 4.69) is 52.4 Å². The summed E-state index contributed by atoms with van der Waals surface area (Å²) in [5, 5.41) is 14.8. The van der Waals surface area contributed by atoms with Crippen LogP contribution in [-0.2, 0) is 0 Å².